The predicted octanol–water partition coefficient (Wildman–Crippen LogP) is 0.959. The van der Waals surface area contributed by atoms with E-state index in [1.54, 1.807) is 7.05 Å². The van der Waals surface area contributed by atoms with E-state index in [4.69, 9.17) is 19.1 Å². The van der Waals surface area contributed by atoms with Crippen LogP contribution in [0.3, 0.4) is 0 Å². The van der Waals surface area contributed by atoms with Crippen molar-refractivity contribution < 1.29 is 23.7 Å². The highest BCUT2D eigenvalue weighted by molar-refractivity contribution is 7.37. The molecular formula is C12H21N4O5P. The van der Waals surface area contributed by atoms with E-state index in [0.29, 0.717) is 17.2 Å². The Morgan fingerprint density at radius 2 is 2.27 bits per heavy atom. The molecule has 9 nitrogen and oxygen atoms in total. The molecular weight excluding hydrogens is 311 g/mol. The van der Waals surface area contributed by atoms with Gasteiger partial charge in [0.1, 0.15) is 31.1 Å². The Balaban J connectivity index is 2.55. The fraction of sp³-hybridized carbons (Fsp3) is 0.583. The maximum absolute atomic E-state index is 10.7. The Hall–Kier alpha value is -1.54. The van der Waals surface area contributed by atoms with E-state index in [1.165, 1.54) is 19.8 Å². The lowest BCUT2D eigenvalue weighted by atomic mass is 10.3. The van der Waals surface area contributed by atoms with Gasteiger partial charge in [0.15, 0.2) is 12.2 Å². The van der Waals surface area contributed by atoms with Crippen LogP contribution < -0.4 is 5.32 Å². The minimum Gasteiger partial charge on any atom is -0.480 e. The Bertz CT molecular complexity index is 514. The van der Waals surface area contributed by atoms with Gasteiger partial charge in [-0.3, -0.25) is 4.57 Å². The lowest BCUT2D eigenvalue weighted by Gasteiger charge is -2.15. The fourth-order valence-electron chi connectivity index (χ4n) is 1.56. The van der Waals surface area contributed by atoms with Crippen LogP contribution in [0.25, 0.3) is 0 Å². The number of hydrogen-bond acceptors (Lipinski definition) is 8. The number of aliphatic imine (C=N–C) groups is 1. The van der Waals surface area contributed by atoms with E-state index in [1.807, 2.05) is 6.92 Å². The molecule has 0 aliphatic rings. The molecule has 0 radical (unpaired) electrons. The molecule has 0 aliphatic carbocycles. The summed E-state index contributed by atoms with van der Waals surface area (Å²) in [5.41, 5.74) is 1.29. The molecule has 0 spiro atoms. The maximum atomic E-state index is 10.7. The number of hydrogen-bond donors (Lipinski definition) is 2. The summed E-state index contributed by atoms with van der Waals surface area (Å²) in [6.07, 6.45) is 2.03. The molecule has 1 aromatic rings. The minimum atomic E-state index is -2.68. The summed E-state index contributed by atoms with van der Waals surface area (Å²) in [5, 5.41) is 2.91. The quantitative estimate of drug-likeness (QED) is 0.370. The van der Waals surface area contributed by atoms with Crippen LogP contribution in [0.15, 0.2) is 11.3 Å². The minimum absolute atomic E-state index is 0.147. The van der Waals surface area contributed by atoms with Crippen LogP contribution in [0.4, 0.5) is 11.5 Å². The molecule has 1 rings (SSSR count). The van der Waals surface area contributed by atoms with Gasteiger partial charge in [-0.25, -0.2) is 15.0 Å². The molecule has 1 heterocycles. The van der Waals surface area contributed by atoms with Crippen LogP contribution in [0.5, 0.6) is 0 Å². The first-order valence-corrected chi connectivity index (χ1v) is 8.10. The van der Waals surface area contributed by atoms with Crippen LogP contribution in [-0.2, 0) is 18.8 Å². The third-order valence-corrected chi connectivity index (χ3v) is 2.99. The van der Waals surface area contributed by atoms with E-state index < -0.39 is 14.1 Å². The number of nitrogens with zero attached hydrogens (tertiary/aromatic N) is 3. The third-order valence-electron chi connectivity index (χ3n) is 2.58. The topological polar surface area (TPSA) is 115 Å². The van der Waals surface area contributed by atoms with Crippen molar-refractivity contribution in [3.05, 3.63) is 12.0 Å². The predicted molar refractivity (Wildman–Crippen MR) is 83.3 cm³/mol. The van der Waals surface area contributed by atoms with Gasteiger partial charge in [0.2, 0.25) is 8.03 Å². The van der Waals surface area contributed by atoms with E-state index in [9.17, 15) is 4.57 Å². The first-order valence-electron chi connectivity index (χ1n) is 6.54. The van der Waals surface area contributed by atoms with E-state index in [0.717, 1.165) is 0 Å². The van der Waals surface area contributed by atoms with Crippen molar-refractivity contribution in [2.24, 2.45) is 4.99 Å². The number of rotatable bonds is 10. The van der Waals surface area contributed by atoms with Crippen molar-refractivity contribution >= 4 is 25.9 Å². The highest BCUT2D eigenvalue weighted by Gasteiger charge is 2.10. The number of methoxy groups -OCH3 is 1. The molecule has 1 aromatic heterocycles. The molecule has 1 unspecified atom stereocenters. The van der Waals surface area contributed by atoms with Crippen molar-refractivity contribution in [1.29, 1.82) is 0 Å². The zero-order valence-electron chi connectivity index (χ0n) is 12.8. The molecule has 0 fully saturated rings. The largest absolute Gasteiger partial charge is 0.480 e. The van der Waals surface area contributed by atoms with Crippen molar-refractivity contribution in [2.75, 3.05) is 39.0 Å². The van der Waals surface area contributed by atoms with Crippen molar-refractivity contribution in [3.8, 4) is 0 Å². The van der Waals surface area contributed by atoms with Gasteiger partial charge in [-0.2, -0.15) is 0 Å². The van der Waals surface area contributed by atoms with Crippen molar-refractivity contribution in [2.45, 2.75) is 13.0 Å². The molecule has 10 heteroatoms. The second kappa shape index (κ2) is 10.2. The van der Waals surface area contributed by atoms with Gasteiger partial charge in [0.25, 0.3) is 0 Å². The molecule has 22 heavy (non-hydrogen) atoms. The van der Waals surface area contributed by atoms with Crippen molar-refractivity contribution in [1.82, 2.24) is 9.97 Å². The smallest absolute Gasteiger partial charge is 0.214 e. The average molecular weight is 332 g/mol. The molecule has 0 amide bonds. The molecule has 124 valence electrons. The summed E-state index contributed by atoms with van der Waals surface area (Å²) in [6, 6.07) is 0. The maximum Gasteiger partial charge on any atom is 0.214 e. The van der Waals surface area contributed by atoms with Crippen LogP contribution in [-0.4, -0.2) is 61.1 Å². The van der Waals surface area contributed by atoms with Crippen LogP contribution in [0.2, 0.25) is 0 Å². The Kier molecular flexibility index (Phi) is 8.61. The van der Waals surface area contributed by atoms with Crippen molar-refractivity contribution in [3.63, 3.8) is 0 Å². The summed E-state index contributed by atoms with van der Waals surface area (Å²) in [4.78, 5) is 21.0. The first kappa shape index (κ1) is 18.5. The standard InChI is InChI=1S/C12H21N4O5P/c1-9-11(12(13-2)15-6-14-9)16-7-20-5-10(4-19-3)21-8-22(17)18/h6-7,10,22H,4-5,8H2,1-3H3,(H,17,18)(H,13,14,15)/b16-7-/t10-/m1/s1. The zero-order chi connectivity index (χ0) is 16.4. The van der Waals surface area contributed by atoms with Gasteiger partial charge in [0, 0.05) is 14.2 Å². The number of nitrogens with one attached hydrogen (secondary N) is 1. The Morgan fingerprint density at radius 3 is 2.91 bits per heavy atom. The zero-order valence-corrected chi connectivity index (χ0v) is 13.8. The number of ether oxygens (including phenoxy) is 3. The van der Waals surface area contributed by atoms with Gasteiger partial charge in [0.05, 0.1) is 12.3 Å². The molecule has 0 bridgehead atoms. The van der Waals surface area contributed by atoms with Crippen LogP contribution in [0.1, 0.15) is 5.69 Å². The van der Waals surface area contributed by atoms with Gasteiger partial charge in [-0.15, -0.1) is 0 Å². The fourth-order valence-corrected chi connectivity index (χ4v) is 1.94. The summed E-state index contributed by atoms with van der Waals surface area (Å²) >= 11 is 0. The van der Waals surface area contributed by atoms with E-state index in [2.05, 4.69) is 20.3 Å². The molecule has 0 saturated heterocycles. The van der Waals surface area contributed by atoms with Gasteiger partial charge >= 0.3 is 0 Å². The second-order valence-corrected chi connectivity index (χ2v) is 5.33. The summed E-state index contributed by atoms with van der Waals surface area (Å²) in [6.45, 7) is 2.21. The normalized spacial score (nSPS) is 14.0. The lowest BCUT2D eigenvalue weighted by molar-refractivity contribution is -0.00996. The lowest BCUT2D eigenvalue weighted by Crippen LogP contribution is -2.24. The first-order chi connectivity index (χ1) is 10.6. The van der Waals surface area contributed by atoms with Gasteiger partial charge in [-0.1, -0.05) is 0 Å². The third kappa shape index (κ3) is 6.48. The molecule has 2 atom stereocenters. The number of aryl methyl sites for hydroxylation is 1. The highest BCUT2D eigenvalue weighted by atomic mass is 31.1. The number of anilines is 1. The summed E-state index contributed by atoms with van der Waals surface area (Å²) < 4.78 is 26.1. The van der Waals surface area contributed by atoms with Gasteiger partial charge in [-0.05, 0) is 6.92 Å². The van der Waals surface area contributed by atoms with E-state index in [-0.39, 0.29) is 19.6 Å². The Morgan fingerprint density at radius 1 is 1.50 bits per heavy atom. The van der Waals surface area contributed by atoms with Gasteiger partial charge < -0.3 is 24.4 Å². The molecule has 0 aromatic carbocycles. The molecule has 2 N–H and O–H groups in total. The SMILES string of the molecule is CNc1ncnc(C)c1/N=C\OC[C@@H](COC)OC[PH](=O)O. The molecule has 0 saturated carbocycles. The monoisotopic (exact) mass is 332 g/mol. The second-order valence-electron chi connectivity index (χ2n) is 4.26. The Labute approximate surface area is 129 Å². The molecule has 0 aliphatic heterocycles. The summed E-state index contributed by atoms with van der Waals surface area (Å²) in [7, 11) is 0.571. The number of aromatic nitrogens is 2. The summed E-state index contributed by atoms with van der Waals surface area (Å²) in [5.74, 6) is 0.593. The van der Waals surface area contributed by atoms with E-state index >= 15 is 0 Å². The highest BCUT2D eigenvalue weighted by Crippen LogP contribution is 2.23. The van der Waals surface area contributed by atoms with Crippen LogP contribution >= 0.6 is 8.03 Å². The average Bonchev–Trinajstić information content (AvgIpc) is 2.49. The van der Waals surface area contributed by atoms with Crippen LogP contribution in [0, 0.1) is 6.92 Å².